The van der Waals surface area contributed by atoms with E-state index in [0.29, 0.717) is 18.4 Å². The number of nitrogens with two attached hydrogens (primary N) is 1. The fraction of sp³-hybridized carbons (Fsp3) is 0.500. The molecule has 2 aromatic rings. The van der Waals surface area contributed by atoms with Crippen LogP contribution in [-0.2, 0) is 12.8 Å². The van der Waals surface area contributed by atoms with Gasteiger partial charge in [0.15, 0.2) is 5.82 Å². The van der Waals surface area contributed by atoms with Crippen LogP contribution in [0, 0.1) is 19.8 Å². The summed E-state index contributed by atoms with van der Waals surface area (Å²) in [6, 6.07) is 6.50. The normalized spacial score (nSPS) is 12.6. The predicted octanol–water partition coefficient (Wildman–Crippen LogP) is 2.80. The van der Waals surface area contributed by atoms with Gasteiger partial charge in [0.25, 0.3) is 0 Å². The van der Waals surface area contributed by atoms with Crippen molar-refractivity contribution in [1.82, 2.24) is 10.1 Å². The summed E-state index contributed by atoms with van der Waals surface area (Å²) in [6.07, 6.45) is 2.51. The molecule has 2 N–H and O–H groups in total. The molecule has 0 saturated carbocycles. The van der Waals surface area contributed by atoms with Crippen molar-refractivity contribution in [2.75, 3.05) is 6.54 Å². The van der Waals surface area contributed by atoms with Gasteiger partial charge in [0.1, 0.15) is 0 Å². The van der Waals surface area contributed by atoms with Gasteiger partial charge in [-0.3, -0.25) is 0 Å². The molecule has 0 fully saturated rings. The van der Waals surface area contributed by atoms with E-state index in [0.717, 1.165) is 25.1 Å². The molecule has 1 unspecified atom stereocenters. The van der Waals surface area contributed by atoms with E-state index in [1.807, 2.05) is 0 Å². The summed E-state index contributed by atoms with van der Waals surface area (Å²) < 4.78 is 5.29. The Hall–Kier alpha value is -1.68. The SMILES string of the molecule is Cc1cc(C)cc(Cc2noc(CCC(C)CN)n2)c1. The molecule has 0 bridgehead atoms. The summed E-state index contributed by atoms with van der Waals surface area (Å²) in [6.45, 7) is 7.04. The summed E-state index contributed by atoms with van der Waals surface area (Å²) in [5.74, 6) is 1.96. The van der Waals surface area contributed by atoms with Crippen molar-refractivity contribution < 1.29 is 4.52 Å². The van der Waals surface area contributed by atoms with Crippen LogP contribution in [0.1, 0.15) is 41.8 Å². The maximum Gasteiger partial charge on any atom is 0.226 e. The van der Waals surface area contributed by atoms with Crippen LogP contribution in [0.2, 0.25) is 0 Å². The van der Waals surface area contributed by atoms with Crippen molar-refractivity contribution >= 4 is 0 Å². The maximum absolute atomic E-state index is 5.61. The summed E-state index contributed by atoms with van der Waals surface area (Å²) in [5.41, 5.74) is 9.36. The second kappa shape index (κ2) is 6.66. The number of rotatable bonds is 6. The summed E-state index contributed by atoms with van der Waals surface area (Å²) in [7, 11) is 0. The first-order valence-corrected chi connectivity index (χ1v) is 7.15. The fourth-order valence-corrected chi connectivity index (χ4v) is 2.30. The molecule has 0 radical (unpaired) electrons. The summed E-state index contributed by atoms with van der Waals surface area (Å²) in [5, 5.41) is 4.06. The first kappa shape index (κ1) is 14.7. The van der Waals surface area contributed by atoms with Gasteiger partial charge in [-0.2, -0.15) is 4.98 Å². The molecule has 1 aromatic carbocycles. The highest BCUT2D eigenvalue weighted by atomic mass is 16.5. The molecule has 1 aromatic heterocycles. The van der Waals surface area contributed by atoms with E-state index >= 15 is 0 Å². The van der Waals surface area contributed by atoms with Crippen LogP contribution in [0.3, 0.4) is 0 Å². The molecular weight excluding hydrogens is 250 g/mol. The van der Waals surface area contributed by atoms with Crippen LogP contribution in [-0.4, -0.2) is 16.7 Å². The lowest BCUT2D eigenvalue weighted by atomic mass is 10.0. The van der Waals surface area contributed by atoms with E-state index in [-0.39, 0.29) is 0 Å². The monoisotopic (exact) mass is 273 g/mol. The summed E-state index contributed by atoms with van der Waals surface area (Å²) >= 11 is 0. The lowest BCUT2D eigenvalue weighted by molar-refractivity contribution is 0.362. The minimum atomic E-state index is 0.491. The Morgan fingerprint density at radius 3 is 2.55 bits per heavy atom. The van der Waals surface area contributed by atoms with Gasteiger partial charge < -0.3 is 10.3 Å². The number of hydrogen-bond acceptors (Lipinski definition) is 4. The molecule has 20 heavy (non-hydrogen) atoms. The first-order valence-electron chi connectivity index (χ1n) is 7.15. The van der Waals surface area contributed by atoms with E-state index < -0.39 is 0 Å². The Labute approximate surface area is 120 Å². The van der Waals surface area contributed by atoms with Crippen LogP contribution in [0.15, 0.2) is 22.7 Å². The fourth-order valence-electron chi connectivity index (χ4n) is 2.30. The highest BCUT2D eigenvalue weighted by Crippen LogP contribution is 2.13. The zero-order valence-electron chi connectivity index (χ0n) is 12.5. The van der Waals surface area contributed by atoms with Gasteiger partial charge in [0, 0.05) is 12.8 Å². The molecule has 4 nitrogen and oxygen atoms in total. The van der Waals surface area contributed by atoms with Gasteiger partial charge in [0.2, 0.25) is 5.89 Å². The van der Waals surface area contributed by atoms with Gasteiger partial charge >= 0.3 is 0 Å². The van der Waals surface area contributed by atoms with E-state index in [1.54, 1.807) is 0 Å². The molecule has 1 heterocycles. The molecule has 0 saturated heterocycles. The minimum Gasteiger partial charge on any atom is -0.339 e. The lowest BCUT2D eigenvalue weighted by Crippen LogP contribution is -2.11. The molecule has 4 heteroatoms. The van der Waals surface area contributed by atoms with Gasteiger partial charge in [-0.1, -0.05) is 41.4 Å². The number of aromatic nitrogens is 2. The zero-order valence-corrected chi connectivity index (χ0v) is 12.5. The molecular formula is C16H23N3O. The molecule has 0 aliphatic carbocycles. The second-order valence-electron chi connectivity index (χ2n) is 5.66. The highest BCUT2D eigenvalue weighted by Gasteiger charge is 2.09. The quantitative estimate of drug-likeness (QED) is 0.879. The lowest BCUT2D eigenvalue weighted by Gasteiger charge is -2.04. The Balaban J connectivity index is 1.98. The first-order chi connectivity index (χ1) is 9.56. The van der Waals surface area contributed by atoms with Crippen molar-refractivity contribution in [1.29, 1.82) is 0 Å². The molecule has 0 aliphatic heterocycles. The number of hydrogen-bond donors (Lipinski definition) is 1. The van der Waals surface area contributed by atoms with Crippen molar-refractivity contribution in [3.05, 3.63) is 46.6 Å². The Morgan fingerprint density at radius 1 is 1.20 bits per heavy atom. The molecule has 2 rings (SSSR count). The largest absolute Gasteiger partial charge is 0.339 e. The Morgan fingerprint density at radius 2 is 1.90 bits per heavy atom. The van der Waals surface area contributed by atoms with Crippen LogP contribution < -0.4 is 5.73 Å². The summed E-state index contributed by atoms with van der Waals surface area (Å²) in [4.78, 5) is 4.45. The van der Waals surface area contributed by atoms with Crippen LogP contribution in [0.5, 0.6) is 0 Å². The van der Waals surface area contributed by atoms with E-state index in [2.05, 4.69) is 49.1 Å². The van der Waals surface area contributed by atoms with Gasteiger partial charge in [0.05, 0.1) is 0 Å². The number of nitrogens with zero attached hydrogens (tertiary/aromatic N) is 2. The zero-order chi connectivity index (χ0) is 14.5. The van der Waals surface area contributed by atoms with Crippen molar-refractivity contribution in [2.45, 2.75) is 40.0 Å². The predicted molar refractivity (Wildman–Crippen MR) is 79.6 cm³/mol. The van der Waals surface area contributed by atoms with Crippen molar-refractivity contribution in [2.24, 2.45) is 11.7 Å². The molecule has 108 valence electrons. The van der Waals surface area contributed by atoms with Gasteiger partial charge in [-0.25, -0.2) is 0 Å². The molecule has 0 spiro atoms. The molecule has 1 atom stereocenters. The topological polar surface area (TPSA) is 64.9 Å². The minimum absolute atomic E-state index is 0.491. The standard InChI is InChI=1S/C16H23N3O/c1-11(10-17)4-5-16-18-15(19-20-16)9-14-7-12(2)6-13(3)8-14/h6-8,11H,4-5,9-10,17H2,1-3H3. The maximum atomic E-state index is 5.61. The third-order valence-electron chi connectivity index (χ3n) is 3.41. The van der Waals surface area contributed by atoms with Crippen LogP contribution in [0.4, 0.5) is 0 Å². The Kier molecular flexibility index (Phi) is 4.90. The van der Waals surface area contributed by atoms with Crippen molar-refractivity contribution in [3.8, 4) is 0 Å². The van der Waals surface area contributed by atoms with Crippen LogP contribution >= 0.6 is 0 Å². The molecule has 0 aliphatic rings. The van der Waals surface area contributed by atoms with E-state index in [1.165, 1.54) is 16.7 Å². The highest BCUT2D eigenvalue weighted by molar-refractivity contribution is 5.30. The molecule has 0 amide bonds. The third-order valence-corrected chi connectivity index (χ3v) is 3.41. The van der Waals surface area contributed by atoms with Gasteiger partial charge in [-0.15, -0.1) is 0 Å². The average Bonchev–Trinajstić information content (AvgIpc) is 2.82. The third kappa shape index (κ3) is 4.17. The van der Waals surface area contributed by atoms with E-state index in [4.69, 9.17) is 10.3 Å². The van der Waals surface area contributed by atoms with Crippen molar-refractivity contribution in [3.63, 3.8) is 0 Å². The van der Waals surface area contributed by atoms with Crippen LogP contribution in [0.25, 0.3) is 0 Å². The van der Waals surface area contributed by atoms with Gasteiger partial charge in [-0.05, 0) is 38.3 Å². The number of benzene rings is 1. The average molecular weight is 273 g/mol. The smallest absolute Gasteiger partial charge is 0.226 e. The van der Waals surface area contributed by atoms with E-state index in [9.17, 15) is 0 Å². The number of aryl methyl sites for hydroxylation is 3. The second-order valence-corrected chi connectivity index (χ2v) is 5.66. The Bertz CT molecular complexity index is 542.